The van der Waals surface area contributed by atoms with Gasteiger partial charge in [-0.05, 0) is 51.6 Å². The van der Waals surface area contributed by atoms with E-state index >= 15 is 0 Å². The molecule has 1 atom stereocenters. The normalized spacial score (nSPS) is 22.4. The highest BCUT2D eigenvalue weighted by Crippen LogP contribution is 2.25. The summed E-state index contributed by atoms with van der Waals surface area (Å²) in [6, 6.07) is 8.27. The Balaban J connectivity index is 1.60. The summed E-state index contributed by atoms with van der Waals surface area (Å²) in [5, 5.41) is 0. The van der Waals surface area contributed by atoms with Crippen molar-refractivity contribution in [3.8, 4) is 5.75 Å². The van der Waals surface area contributed by atoms with Gasteiger partial charge in [0.25, 0.3) is 0 Å². The van der Waals surface area contributed by atoms with Crippen LogP contribution in [0.3, 0.4) is 0 Å². The average molecular weight is 330 g/mol. The molecule has 1 aromatic rings. The van der Waals surface area contributed by atoms with E-state index in [0.29, 0.717) is 12.5 Å². The van der Waals surface area contributed by atoms with Gasteiger partial charge in [0.2, 0.25) is 5.91 Å². The van der Waals surface area contributed by atoms with Crippen molar-refractivity contribution >= 4 is 5.91 Å². The minimum Gasteiger partial charge on any atom is -0.494 e. The van der Waals surface area contributed by atoms with Crippen molar-refractivity contribution in [2.75, 3.05) is 32.8 Å². The highest BCUT2D eigenvalue weighted by molar-refractivity contribution is 5.79. The number of piperidine rings is 2. The summed E-state index contributed by atoms with van der Waals surface area (Å²) in [6.45, 7) is 7.46. The topological polar surface area (TPSA) is 32.8 Å². The number of carbonyl (C=O) groups is 1. The first-order chi connectivity index (χ1) is 11.8. The van der Waals surface area contributed by atoms with Crippen LogP contribution in [0.15, 0.2) is 24.3 Å². The lowest BCUT2D eigenvalue weighted by molar-refractivity contribution is -0.138. The van der Waals surface area contributed by atoms with Gasteiger partial charge in [0.15, 0.2) is 0 Å². The molecule has 0 aromatic heterocycles. The Morgan fingerprint density at radius 1 is 1.12 bits per heavy atom. The zero-order valence-corrected chi connectivity index (χ0v) is 14.9. The van der Waals surface area contributed by atoms with Crippen LogP contribution in [0.5, 0.6) is 5.75 Å². The molecule has 0 bridgehead atoms. The van der Waals surface area contributed by atoms with E-state index in [2.05, 4.69) is 21.9 Å². The number of hydrogen-bond donors (Lipinski definition) is 0. The molecule has 2 saturated heterocycles. The minimum absolute atomic E-state index is 0.177. The first-order valence-corrected chi connectivity index (χ1v) is 9.49. The van der Waals surface area contributed by atoms with Crippen molar-refractivity contribution in [2.45, 2.75) is 45.6 Å². The lowest BCUT2D eigenvalue weighted by Crippen LogP contribution is -2.46. The van der Waals surface area contributed by atoms with Gasteiger partial charge in [-0.25, -0.2) is 0 Å². The molecule has 2 heterocycles. The van der Waals surface area contributed by atoms with Gasteiger partial charge in [0, 0.05) is 31.7 Å². The summed E-state index contributed by atoms with van der Waals surface area (Å²) in [5.41, 5.74) is 1.23. The third-order valence-electron chi connectivity index (χ3n) is 5.19. The summed E-state index contributed by atoms with van der Waals surface area (Å²) in [7, 11) is 0. The number of para-hydroxylation sites is 1. The lowest BCUT2D eigenvalue weighted by atomic mass is 9.95. The van der Waals surface area contributed by atoms with Crippen molar-refractivity contribution in [1.82, 2.24) is 9.80 Å². The number of benzene rings is 1. The first kappa shape index (κ1) is 17.3. The Labute approximate surface area is 145 Å². The second kappa shape index (κ2) is 8.52. The Morgan fingerprint density at radius 2 is 1.92 bits per heavy atom. The number of likely N-dealkylation sites (tertiary alicyclic amines) is 2. The van der Waals surface area contributed by atoms with Crippen LogP contribution >= 0.6 is 0 Å². The van der Waals surface area contributed by atoms with E-state index in [1.54, 1.807) is 0 Å². The highest BCUT2D eigenvalue weighted by atomic mass is 16.5. The molecule has 0 aliphatic carbocycles. The van der Waals surface area contributed by atoms with Crippen LogP contribution in [0, 0.1) is 5.92 Å². The first-order valence-electron chi connectivity index (χ1n) is 9.49. The van der Waals surface area contributed by atoms with E-state index in [1.807, 2.05) is 19.1 Å². The van der Waals surface area contributed by atoms with Gasteiger partial charge in [-0.1, -0.05) is 18.2 Å². The smallest absolute Gasteiger partial charge is 0.226 e. The van der Waals surface area contributed by atoms with Crippen molar-refractivity contribution in [3.63, 3.8) is 0 Å². The number of carbonyl (C=O) groups excluding carboxylic acids is 1. The molecule has 2 aliphatic rings. The van der Waals surface area contributed by atoms with Gasteiger partial charge in [-0.2, -0.15) is 0 Å². The monoisotopic (exact) mass is 330 g/mol. The van der Waals surface area contributed by atoms with E-state index in [0.717, 1.165) is 51.3 Å². The highest BCUT2D eigenvalue weighted by Gasteiger charge is 2.30. The average Bonchev–Trinajstić information content (AvgIpc) is 2.64. The van der Waals surface area contributed by atoms with Gasteiger partial charge in [-0.15, -0.1) is 0 Å². The third-order valence-corrected chi connectivity index (χ3v) is 5.19. The maximum Gasteiger partial charge on any atom is 0.226 e. The standard InChI is InChI=1S/C20H30N2O2/c1-2-24-19-11-5-4-9-17(19)15-21-12-8-10-18(16-21)20(23)22-13-6-3-7-14-22/h4-5,9,11,18H,2-3,6-8,10,12-16H2,1H3/t18-/m1/s1. The molecular weight excluding hydrogens is 300 g/mol. The Morgan fingerprint density at radius 3 is 2.71 bits per heavy atom. The molecule has 0 N–H and O–H groups in total. The number of amides is 1. The maximum absolute atomic E-state index is 12.8. The van der Waals surface area contributed by atoms with Crippen LogP contribution < -0.4 is 4.74 Å². The van der Waals surface area contributed by atoms with Crippen LogP contribution in [-0.2, 0) is 11.3 Å². The summed E-state index contributed by atoms with van der Waals surface area (Å²) < 4.78 is 5.75. The summed E-state index contributed by atoms with van der Waals surface area (Å²) in [6.07, 6.45) is 5.77. The fraction of sp³-hybridized carbons (Fsp3) is 0.650. The predicted octanol–water partition coefficient (Wildman–Crippen LogP) is 3.31. The molecule has 0 spiro atoms. The Kier molecular flexibility index (Phi) is 6.13. The predicted molar refractivity (Wildman–Crippen MR) is 96.0 cm³/mol. The second-order valence-electron chi connectivity index (χ2n) is 7.00. The van der Waals surface area contributed by atoms with E-state index in [1.165, 1.54) is 24.8 Å². The molecule has 1 amide bonds. The zero-order valence-electron chi connectivity index (χ0n) is 14.9. The zero-order chi connectivity index (χ0) is 16.8. The molecule has 3 rings (SSSR count). The lowest BCUT2D eigenvalue weighted by Gasteiger charge is -2.36. The Bertz CT molecular complexity index is 540. The molecule has 132 valence electrons. The van der Waals surface area contributed by atoms with Gasteiger partial charge in [0.1, 0.15) is 5.75 Å². The number of nitrogens with zero attached hydrogens (tertiary/aromatic N) is 2. The second-order valence-corrected chi connectivity index (χ2v) is 7.00. The quantitative estimate of drug-likeness (QED) is 0.830. The van der Waals surface area contributed by atoms with Crippen LogP contribution in [-0.4, -0.2) is 48.5 Å². The molecule has 0 radical (unpaired) electrons. The van der Waals surface area contributed by atoms with E-state index in [4.69, 9.17) is 4.74 Å². The summed E-state index contributed by atoms with van der Waals surface area (Å²) in [4.78, 5) is 17.3. The number of ether oxygens (including phenoxy) is 1. The van der Waals surface area contributed by atoms with Gasteiger partial charge < -0.3 is 9.64 Å². The molecule has 2 fully saturated rings. The largest absolute Gasteiger partial charge is 0.494 e. The molecule has 1 aromatic carbocycles. The summed E-state index contributed by atoms with van der Waals surface area (Å²) in [5.74, 6) is 1.54. The van der Waals surface area contributed by atoms with Crippen LogP contribution in [0.4, 0.5) is 0 Å². The molecular formula is C20H30N2O2. The Hall–Kier alpha value is -1.55. The number of rotatable bonds is 5. The third kappa shape index (κ3) is 4.29. The van der Waals surface area contributed by atoms with Crippen molar-refractivity contribution in [1.29, 1.82) is 0 Å². The van der Waals surface area contributed by atoms with Crippen molar-refractivity contribution < 1.29 is 9.53 Å². The molecule has 0 saturated carbocycles. The van der Waals surface area contributed by atoms with Crippen LogP contribution in [0.2, 0.25) is 0 Å². The minimum atomic E-state index is 0.177. The number of hydrogen-bond acceptors (Lipinski definition) is 3. The SMILES string of the molecule is CCOc1ccccc1CN1CCC[C@@H](C(=O)N2CCCCC2)C1. The van der Waals surface area contributed by atoms with Gasteiger partial charge >= 0.3 is 0 Å². The summed E-state index contributed by atoms with van der Waals surface area (Å²) >= 11 is 0. The van der Waals surface area contributed by atoms with Crippen LogP contribution in [0.1, 0.15) is 44.6 Å². The van der Waals surface area contributed by atoms with E-state index in [-0.39, 0.29) is 5.92 Å². The van der Waals surface area contributed by atoms with Crippen molar-refractivity contribution in [2.24, 2.45) is 5.92 Å². The van der Waals surface area contributed by atoms with Gasteiger partial charge in [-0.3, -0.25) is 9.69 Å². The maximum atomic E-state index is 12.8. The molecule has 0 unspecified atom stereocenters. The fourth-order valence-corrected chi connectivity index (χ4v) is 3.94. The molecule has 4 heteroatoms. The van der Waals surface area contributed by atoms with E-state index < -0.39 is 0 Å². The molecule has 24 heavy (non-hydrogen) atoms. The fourth-order valence-electron chi connectivity index (χ4n) is 3.94. The molecule has 4 nitrogen and oxygen atoms in total. The van der Waals surface area contributed by atoms with Gasteiger partial charge in [0.05, 0.1) is 12.5 Å². The van der Waals surface area contributed by atoms with Crippen molar-refractivity contribution in [3.05, 3.63) is 29.8 Å². The molecule has 2 aliphatic heterocycles. The van der Waals surface area contributed by atoms with E-state index in [9.17, 15) is 4.79 Å². The van der Waals surface area contributed by atoms with Crippen LogP contribution in [0.25, 0.3) is 0 Å².